The molecule has 10 heteroatoms. The van der Waals surface area contributed by atoms with Gasteiger partial charge in [-0.3, -0.25) is 15.2 Å². The van der Waals surface area contributed by atoms with Gasteiger partial charge >= 0.3 is 0 Å². The summed E-state index contributed by atoms with van der Waals surface area (Å²) in [5.41, 5.74) is 3.79. The number of nitriles is 1. The SMILES string of the molecule is CS(=O)(=O)c1ccc(N=C2NN([C@]3(CC#N)CCCOC3)C3=CC=NC(=O)C32)cc1. The van der Waals surface area contributed by atoms with Crippen molar-refractivity contribution in [2.45, 2.75) is 29.7 Å². The number of carbonyl (C=O) groups excluding carboxylic acids is 1. The molecule has 3 aliphatic heterocycles. The zero-order valence-electron chi connectivity index (χ0n) is 16.4. The normalized spacial score (nSPS) is 27.4. The number of nitrogens with one attached hydrogen (secondary N) is 1. The van der Waals surface area contributed by atoms with Crippen LogP contribution in [0.4, 0.5) is 5.69 Å². The molecular weight excluding hydrogens is 406 g/mol. The van der Waals surface area contributed by atoms with Gasteiger partial charge in [-0.15, -0.1) is 0 Å². The van der Waals surface area contributed by atoms with Gasteiger partial charge < -0.3 is 4.74 Å². The number of aliphatic imine (C=N–C) groups is 2. The van der Waals surface area contributed by atoms with E-state index in [4.69, 9.17) is 4.74 Å². The number of fused-ring (bicyclic) bond motifs is 1. The molecule has 0 aromatic heterocycles. The van der Waals surface area contributed by atoms with Crippen molar-refractivity contribution in [1.29, 1.82) is 5.26 Å². The van der Waals surface area contributed by atoms with Gasteiger partial charge in [-0.1, -0.05) is 0 Å². The van der Waals surface area contributed by atoms with Gasteiger partial charge in [0.1, 0.15) is 11.8 Å². The monoisotopic (exact) mass is 427 g/mol. The van der Waals surface area contributed by atoms with Gasteiger partial charge in [0, 0.05) is 19.1 Å². The Morgan fingerprint density at radius 3 is 2.80 bits per heavy atom. The predicted molar refractivity (Wildman–Crippen MR) is 110 cm³/mol. The van der Waals surface area contributed by atoms with Crippen molar-refractivity contribution in [3.8, 4) is 6.07 Å². The standard InChI is InChI=1S/C20H21N5O4S/c1-30(27,28)15-5-3-14(4-6-15)23-18-17-16(7-11-22-19(17)26)25(24-18)20(9-10-21)8-2-12-29-13-20/h3-7,11,17H,2,8-9,12-13H2,1H3,(H,23,24)/t17?,20-/m0/s1. The van der Waals surface area contributed by atoms with Crippen molar-refractivity contribution in [3.05, 3.63) is 36.0 Å². The van der Waals surface area contributed by atoms with E-state index in [1.807, 2.05) is 5.01 Å². The summed E-state index contributed by atoms with van der Waals surface area (Å²) in [5, 5.41) is 11.3. The molecule has 156 valence electrons. The smallest absolute Gasteiger partial charge is 0.262 e. The van der Waals surface area contributed by atoms with Crippen LogP contribution in [0.25, 0.3) is 0 Å². The summed E-state index contributed by atoms with van der Waals surface area (Å²) in [6.45, 7) is 0.997. The third kappa shape index (κ3) is 3.62. The quantitative estimate of drug-likeness (QED) is 0.772. The topological polar surface area (TPSA) is 124 Å². The van der Waals surface area contributed by atoms with E-state index in [1.54, 1.807) is 18.2 Å². The number of ether oxygens (including phenoxy) is 1. The van der Waals surface area contributed by atoms with E-state index >= 15 is 0 Å². The average molecular weight is 427 g/mol. The lowest BCUT2D eigenvalue weighted by Crippen LogP contribution is -2.56. The van der Waals surface area contributed by atoms with Gasteiger partial charge in [-0.05, 0) is 43.2 Å². The number of dihydropyridines is 1. The van der Waals surface area contributed by atoms with Crippen LogP contribution in [-0.2, 0) is 19.4 Å². The van der Waals surface area contributed by atoms with Crippen molar-refractivity contribution in [3.63, 3.8) is 0 Å². The molecule has 2 saturated heterocycles. The van der Waals surface area contributed by atoms with E-state index < -0.39 is 21.3 Å². The van der Waals surface area contributed by atoms with Crippen molar-refractivity contribution >= 4 is 33.5 Å². The lowest BCUT2D eigenvalue weighted by Gasteiger charge is -2.44. The van der Waals surface area contributed by atoms with Gasteiger partial charge in [0.25, 0.3) is 5.91 Å². The Morgan fingerprint density at radius 2 is 2.17 bits per heavy atom. The van der Waals surface area contributed by atoms with Crippen LogP contribution in [0.15, 0.2) is 50.9 Å². The Balaban J connectivity index is 1.72. The minimum Gasteiger partial charge on any atom is -0.379 e. The highest BCUT2D eigenvalue weighted by atomic mass is 32.2. The molecule has 2 atom stereocenters. The van der Waals surface area contributed by atoms with E-state index in [1.165, 1.54) is 18.3 Å². The lowest BCUT2D eigenvalue weighted by atomic mass is 9.87. The number of nitrogens with zero attached hydrogens (tertiary/aromatic N) is 4. The van der Waals surface area contributed by atoms with E-state index in [0.717, 1.165) is 19.1 Å². The molecule has 0 spiro atoms. The molecule has 1 aromatic rings. The maximum absolute atomic E-state index is 12.6. The van der Waals surface area contributed by atoms with Crippen molar-refractivity contribution < 1.29 is 17.9 Å². The van der Waals surface area contributed by atoms with E-state index in [2.05, 4.69) is 21.5 Å². The summed E-state index contributed by atoms with van der Waals surface area (Å²) in [4.78, 5) is 21.2. The molecule has 3 heterocycles. The molecule has 1 amide bonds. The Labute approximate surface area is 174 Å². The molecule has 9 nitrogen and oxygen atoms in total. The number of hydrogen-bond acceptors (Lipinski definition) is 7. The third-order valence-corrected chi connectivity index (χ3v) is 6.57. The summed E-state index contributed by atoms with van der Waals surface area (Å²) in [7, 11) is -3.31. The predicted octanol–water partition coefficient (Wildman–Crippen LogP) is 1.51. The molecule has 2 fully saturated rings. The summed E-state index contributed by atoms with van der Waals surface area (Å²) < 4.78 is 29.0. The number of hydrazine groups is 1. The first kappa shape index (κ1) is 20.3. The molecule has 1 aromatic carbocycles. The van der Waals surface area contributed by atoms with Crippen LogP contribution in [0.2, 0.25) is 0 Å². The van der Waals surface area contributed by atoms with E-state index in [9.17, 15) is 18.5 Å². The van der Waals surface area contributed by atoms with Gasteiger partial charge in [-0.25, -0.2) is 18.4 Å². The van der Waals surface area contributed by atoms with Crippen molar-refractivity contribution in [2.75, 3.05) is 19.5 Å². The number of rotatable bonds is 4. The number of amidine groups is 1. The highest BCUT2D eigenvalue weighted by molar-refractivity contribution is 7.90. The van der Waals surface area contributed by atoms with Crippen molar-refractivity contribution in [1.82, 2.24) is 10.4 Å². The number of hydrogen-bond donors (Lipinski definition) is 1. The first-order valence-electron chi connectivity index (χ1n) is 9.52. The minimum atomic E-state index is -3.31. The molecule has 1 N–H and O–H groups in total. The zero-order valence-corrected chi connectivity index (χ0v) is 17.2. The molecule has 4 rings (SSSR count). The average Bonchev–Trinajstić information content (AvgIpc) is 3.09. The highest BCUT2D eigenvalue weighted by Crippen LogP contribution is 2.38. The Kier molecular flexibility index (Phi) is 5.17. The summed E-state index contributed by atoms with van der Waals surface area (Å²) >= 11 is 0. The summed E-state index contributed by atoms with van der Waals surface area (Å²) in [6, 6.07) is 8.37. The first-order chi connectivity index (χ1) is 14.3. The van der Waals surface area contributed by atoms with Gasteiger partial charge in [-0.2, -0.15) is 5.26 Å². The zero-order chi connectivity index (χ0) is 21.4. The largest absolute Gasteiger partial charge is 0.379 e. The molecule has 0 saturated carbocycles. The van der Waals surface area contributed by atoms with Crippen LogP contribution < -0.4 is 5.43 Å². The van der Waals surface area contributed by atoms with Crippen LogP contribution in [0.1, 0.15) is 19.3 Å². The van der Waals surface area contributed by atoms with Crippen LogP contribution in [0.5, 0.6) is 0 Å². The van der Waals surface area contributed by atoms with Crippen LogP contribution >= 0.6 is 0 Å². The molecule has 0 aliphatic carbocycles. The number of carbonyl (C=O) groups is 1. The number of sulfone groups is 1. The Hall–Kier alpha value is -3.03. The number of amides is 1. The van der Waals surface area contributed by atoms with Gasteiger partial charge in [0.15, 0.2) is 9.84 Å². The maximum Gasteiger partial charge on any atom is 0.262 e. The second kappa shape index (κ2) is 7.66. The molecule has 30 heavy (non-hydrogen) atoms. The minimum absolute atomic E-state index is 0.193. The maximum atomic E-state index is 12.6. The van der Waals surface area contributed by atoms with Gasteiger partial charge in [0.05, 0.1) is 40.9 Å². The fraction of sp³-hybridized carbons (Fsp3) is 0.400. The second-order valence-corrected chi connectivity index (χ2v) is 9.58. The fourth-order valence-corrected chi connectivity index (χ4v) is 4.59. The summed E-state index contributed by atoms with van der Waals surface area (Å²) in [5.74, 6) is -0.669. The van der Waals surface area contributed by atoms with Crippen molar-refractivity contribution in [2.24, 2.45) is 15.9 Å². The Bertz CT molecular complexity index is 1090. The summed E-state index contributed by atoms with van der Waals surface area (Å²) in [6.07, 6.45) is 6.11. The Morgan fingerprint density at radius 1 is 1.40 bits per heavy atom. The number of benzene rings is 1. The van der Waals surface area contributed by atoms with Crippen LogP contribution in [0.3, 0.4) is 0 Å². The van der Waals surface area contributed by atoms with Gasteiger partial charge in [0.2, 0.25) is 0 Å². The third-order valence-electron chi connectivity index (χ3n) is 5.45. The van der Waals surface area contributed by atoms with E-state index in [-0.39, 0.29) is 17.2 Å². The van der Waals surface area contributed by atoms with Crippen LogP contribution in [0, 0.1) is 17.2 Å². The molecule has 1 unspecified atom stereocenters. The highest BCUT2D eigenvalue weighted by Gasteiger charge is 2.50. The first-order valence-corrected chi connectivity index (χ1v) is 11.4. The molecule has 0 radical (unpaired) electrons. The van der Waals surface area contributed by atoms with E-state index in [0.29, 0.717) is 30.4 Å². The fourth-order valence-electron chi connectivity index (χ4n) is 3.96. The molecule has 0 bridgehead atoms. The van der Waals surface area contributed by atoms with Crippen LogP contribution in [-0.4, -0.2) is 56.4 Å². The number of allylic oxidation sites excluding steroid dienone is 1. The molecule has 3 aliphatic rings. The molecular formula is C20H21N5O4S. The second-order valence-electron chi connectivity index (χ2n) is 7.57. The lowest BCUT2D eigenvalue weighted by molar-refractivity contribution is -0.119.